The molecule has 2 heterocycles. The normalized spacial score (nSPS) is 26.5. The number of rotatable bonds is 18. The van der Waals surface area contributed by atoms with Crippen molar-refractivity contribution < 1.29 is 60.6 Å². The van der Waals surface area contributed by atoms with Gasteiger partial charge in [0.1, 0.15) is 34.8 Å². The third kappa shape index (κ3) is 23.4. The second-order valence-electron chi connectivity index (χ2n) is 29.7. The number of fused-ring (bicyclic) bond motifs is 2. The molecular weight excluding hydrogens is 1800 g/mol. The number of piperidine rings is 2. The molecule has 0 aromatic carbocycles. The number of carbonyl (C=O) groups excluding carboxylic acids is 9. The molecular formula is C62H106I5InN8O12. The first-order valence-electron chi connectivity index (χ1n) is 31.9. The predicted molar refractivity (Wildman–Crippen MR) is 389 cm³/mol. The van der Waals surface area contributed by atoms with Crippen LogP contribution < -0.4 is 32.7 Å². The number of Topliss-reactive ketones (excluding diaryl/α,β-unsaturated/α-hetero) is 1. The number of primary amides is 2. The van der Waals surface area contributed by atoms with Crippen LogP contribution >= 0.6 is 113 Å². The molecule has 2 saturated heterocycles. The maximum Gasteiger partial charge on any atom is 0 e. The third-order valence-electron chi connectivity index (χ3n) is 19.1. The number of aliphatic hydroxyl groups excluding tert-OH is 1. The Hall–Kier alpha value is -0.490. The number of carbonyl (C=O) groups is 9. The molecule has 2 aliphatic heterocycles. The fourth-order valence-corrected chi connectivity index (χ4v) is 14.1. The van der Waals surface area contributed by atoms with Gasteiger partial charge in [0.05, 0.1) is 12.1 Å². The van der Waals surface area contributed by atoms with Gasteiger partial charge in [0.15, 0.2) is 6.10 Å². The summed E-state index contributed by atoms with van der Waals surface area (Å²) in [6, 6.07) is -4.90. The minimum atomic E-state index is -1.49. The van der Waals surface area contributed by atoms with Crippen molar-refractivity contribution in [3.63, 3.8) is 0 Å². The number of hydrogen-bond donors (Lipinski definition) is 7. The number of aliphatic hydroxyl groups is 1. The molecule has 9 N–H and O–H groups in total. The summed E-state index contributed by atoms with van der Waals surface area (Å²) in [4.78, 5) is 121. The van der Waals surface area contributed by atoms with Crippen LogP contribution in [0.5, 0.6) is 0 Å². The molecule has 88 heavy (non-hydrogen) atoms. The number of likely N-dealkylation sites (tertiary alicyclic amines) is 2. The summed E-state index contributed by atoms with van der Waals surface area (Å²) in [6.07, 6.45) is 13.5. The van der Waals surface area contributed by atoms with Crippen LogP contribution in [0.25, 0.3) is 0 Å². The van der Waals surface area contributed by atoms with E-state index in [9.17, 15) is 48.3 Å². The summed E-state index contributed by atoms with van der Waals surface area (Å²) < 4.78 is 12.0. The monoisotopic (exact) mass is 1900 g/mol. The van der Waals surface area contributed by atoms with Gasteiger partial charge < -0.3 is 57.1 Å². The van der Waals surface area contributed by atoms with E-state index in [0.29, 0.717) is 30.5 Å². The molecule has 8 aliphatic rings. The first kappa shape index (κ1) is 78.2. The van der Waals surface area contributed by atoms with Crippen LogP contribution in [0.15, 0.2) is 0 Å². The van der Waals surface area contributed by atoms with E-state index in [1.165, 1.54) is 0 Å². The van der Waals surface area contributed by atoms with Crippen LogP contribution in [0, 0.1) is 58.2 Å². The number of halogens is 5. The fraction of sp³-hybridized carbons (Fsp3) is 0.855. The zero-order valence-electron chi connectivity index (χ0n) is 54.2. The molecule has 26 heteroatoms. The molecule has 6 aliphatic carbocycles. The van der Waals surface area contributed by atoms with Crippen molar-refractivity contribution in [2.24, 2.45) is 69.6 Å². The molecule has 8 fully saturated rings. The maximum atomic E-state index is 14.2. The molecule has 11 atom stereocenters. The molecule has 8 amide bonds. The Labute approximate surface area is 609 Å². The molecule has 0 aromatic rings. The number of ether oxygens (including phenoxy) is 2. The number of amides is 8. The minimum Gasteiger partial charge on any atom is 0 e. The number of hydrogen-bond acceptors (Lipinski definition) is 12. The van der Waals surface area contributed by atoms with Gasteiger partial charge in [-0.25, -0.2) is 9.59 Å². The van der Waals surface area contributed by atoms with Crippen LogP contribution in [0.4, 0.5) is 9.59 Å². The van der Waals surface area contributed by atoms with E-state index in [1.807, 2.05) is 0 Å². The quantitative estimate of drug-likeness (QED) is 0.0383. The second kappa shape index (κ2) is 32.5. The number of nitrogens with one attached hydrogen (secondary N) is 4. The molecule has 0 bridgehead atoms. The van der Waals surface area contributed by atoms with Gasteiger partial charge in [-0.05, 0) is 145 Å². The average Bonchev–Trinajstić information content (AvgIpc) is 1.59. The number of alkyl halides is 5. The van der Waals surface area contributed by atoms with Gasteiger partial charge in [0.2, 0.25) is 35.3 Å². The molecule has 6 saturated carbocycles. The minimum absolute atomic E-state index is 0. The van der Waals surface area contributed by atoms with Crippen molar-refractivity contribution in [3.05, 3.63) is 0 Å². The Bertz CT molecular complexity index is 2470. The Morgan fingerprint density at radius 1 is 0.568 bits per heavy atom. The molecule has 0 radical (unpaired) electrons. The number of alkyl carbamates (subject to hydrolysis) is 2. The van der Waals surface area contributed by atoms with Crippen LogP contribution in [0.2, 0.25) is 0 Å². The van der Waals surface area contributed by atoms with Crippen LogP contribution in [-0.4, -0.2) is 158 Å². The molecule has 20 nitrogen and oxygen atoms in total. The molecule has 8 rings (SSSR count). The van der Waals surface area contributed by atoms with Gasteiger partial charge in [-0.1, -0.05) is 173 Å². The summed E-state index contributed by atoms with van der Waals surface area (Å²) in [5.41, 5.74) is 9.06. The van der Waals surface area contributed by atoms with Crippen molar-refractivity contribution in [1.82, 2.24) is 31.1 Å². The largest absolute Gasteiger partial charge is 0 e. The summed E-state index contributed by atoms with van der Waals surface area (Å²) in [6.45, 7) is 24.3. The second-order valence-corrected chi connectivity index (χ2v) is 67.2. The molecule has 504 valence electrons. The van der Waals surface area contributed by atoms with Crippen molar-refractivity contribution in [1.29, 1.82) is 0 Å². The molecule has 0 aromatic heterocycles. The van der Waals surface area contributed by atoms with Crippen molar-refractivity contribution >= 4 is 191 Å². The first-order chi connectivity index (χ1) is 40.4. The van der Waals surface area contributed by atoms with E-state index in [2.05, 4.69) is 176 Å². The summed E-state index contributed by atoms with van der Waals surface area (Å²) in [7, 11) is 0. The van der Waals surface area contributed by atoms with Crippen molar-refractivity contribution in [2.75, 3.05) is 13.1 Å². The Kier molecular flexibility index (Phi) is 28.9. The Morgan fingerprint density at radius 3 is 1.22 bits per heavy atom. The van der Waals surface area contributed by atoms with Crippen molar-refractivity contribution in [3.8, 4) is 0 Å². The van der Waals surface area contributed by atoms with E-state index in [1.54, 1.807) is 51.3 Å². The van der Waals surface area contributed by atoms with Gasteiger partial charge in [-0.15, -0.1) is 0 Å². The van der Waals surface area contributed by atoms with Crippen LogP contribution in [0.3, 0.4) is 0 Å². The van der Waals surface area contributed by atoms with Gasteiger partial charge in [0.25, 0.3) is 5.91 Å². The Morgan fingerprint density at radius 2 is 0.909 bits per heavy atom. The van der Waals surface area contributed by atoms with Crippen LogP contribution in [0.1, 0.15) is 202 Å². The average molecular weight is 1900 g/mol. The van der Waals surface area contributed by atoms with Gasteiger partial charge in [-0.2, -0.15) is 0 Å². The van der Waals surface area contributed by atoms with Gasteiger partial charge in [-0.3, -0.25) is 33.6 Å². The standard InChI is InChI=1S/C29H48N4O6.C29H46N4O6.C2H3I3.C2H3I2.In.2H2.2H/c2*1-28(2,3)39-27(38)32-21(17-12-7-6-8-13-17)26(37)33-15-18-20(29(18,4)5)22(33)25(36)31-19(23(34)24(30)35)14-16-10-9-11-16;1-2(3,4)5;1-2(3)4;;;;;/h16-23,34H,6-15H2,1-5H3,(H2,30,35)(H,31,36)(H,32,38);16-22H,6-15H2,1-5H3,(H2,30,35)(H,31,36)(H,32,38);1H3;1H3;;2*1H;;/t18-,19?,20-,21-,22-,23?;18-,19?,20-,21-,22-;;;;;;;/m00......./s1. The summed E-state index contributed by atoms with van der Waals surface area (Å²) in [5.74, 6) is -3.38. The van der Waals surface area contributed by atoms with E-state index >= 15 is 0 Å². The summed E-state index contributed by atoms with van der Waals surface area (Å²) in [5, 5.41) is 22.0. The van der Waals surface area contributed by atoms with E-state index < -0.39 is 89.2 Å². The topological polar surface area (TPSA) is 299 Å². The third-order valence-corrected chi connectivity index (χ3v) is 19.1. The van der Waals surface area contributed by atoms with Gasteiger partial charge in [0, 0.05) is 15.9 Å². The number of ketones is 1. The Balaban J connectivity index is 0.000000400. The zero-order chi connectivity index (χ0) is 66.4. The number of nitrogens with zero attached hydrogens (tertiary/aromatic N) is 2. The fourth-order valence-electron chi connectivity index (χ4n) is 14.1. The van der Waals surface area contributed by atoms with E-state index in [-0.39, 0.29) is 72.8 Å². The van der Waals surface area contributed by atoms with E-state index in [0.717, 1.165) is 127 Å². The zero-order valence-corrected chi connectivity index (χ0v) is 70.7. The SMILES string of the molecule is CC(C)(C)OC(=O)N[C@H](C(=O)N1C[C@H]2[C@@H]([C@H]1C(=O)NC(CC1CCC1)C(=O)C(N)=O)C2(C)C)C1CCCCC1.CC(C)(C)OC(=O)N[C@H](C(=O)N1C[C@H]2[C@@H]([C@H]1C(=O)NC(CC1CCC1)C(O)C(N)=O)C2(C)C)C1CCCCC1.CC(I)(I)I.C[C]([InH2])(I)I.[HH].[HH]. The molecule has 0 spiro atoms. The summed E-state index contributed by atoms with van der Waals surface area (Å²) >= 11 is 12.8. The molecule has 3 unspecified atom stereocenters. The van der Waals surface area contributed by atoms with Gasteiger partial charge >= 0.3 is 87.9 Å². The number of nitrogens with two attached hydrogens (primary N) is 2. The maximum absolute atomic E-state index is 14.2. The smallest absolute Gasteiger partial charge is 0 e. The van der Waals surface area contributed by atoms with Crippen molar-refractivity contribution in [2.45, 2.75) is 251 Å². The van der Waals surface area contributed by atoms with E-state index in [4.69, 9.17) is 20.9 Å². The van der Waals surface area contributed by atoms with Crippen LogP contribution in [-0.2, 0) is 43.0 Å². The predicted octanol–water partition coefficient (Wildman–Crippen LogP) is 9.76. The first-order valence-corrected chi connectivity index (χ1v) is 40.1.